The normalized spacial score (nSPS) is 19.2. The zero-order valence-corrected chi connectivity index (χ0v) is 17.7. The summed E-state index contributed by atoms with van der Waals surface area (Å²) < 4.78 is 16.5. The van der Waals surface area contributed by atoms with E-state index < -0.39 is 6.10 Å². The number of esters is 1. The Morgan fingerprint density at radius 3 is 2.84 bits per heavy atom. The van der Waals surface area contributed by atoms with Crippen LogP contribution in [0, 0.1) is 0 Å². The standard InChI is InChI=1S/C24H26N2O5/c1-29-21-7-6-16(24(28)30-2)12-18(21)14-26-11-9-23(20(27)15-26)31-22-5-3-4-17-13-25-10-8-19(17)22/h3-8,10,12-13,20,23,27H,9,11,14-15H2,1-2H3/t20-,23-/m1/s1. The average Bonchev–Trinajstić information content (AvgIpc) is 2.80. The number of carbonyl (C=O) groups excluding carboxylic acids is 1. The van der Waals surface area contributed by atoms with Crippen LogP contribution >= 0.6 is 0 Å². The second kappa shape index (κ2) is 9.32. The number of pyridine rings is 1. The van der Waals surface area contributed by atoms with Gasteiger partial charge in [0, 0.05) is 48.4 Å². The first-order valence-corrected chi connectivity index (χ1v) is 10.2. The van der Waals surface area contributed by atoms with Crippen molar-refractivity contribution in [3.05, 3.63) is 66.0 Å². The molecular weight excluding hydrogens is 396 g/mol. The fourth-order valence-electron chi connectivity index (χ4n) is 4.00. The number of aliphatic hydroxyl groups excluding tert-OH is 1. The van der Waals surface area contributed by atoms with Crippen LogP contribution in [0.15, 0.2) is 54.9 Å². The number of β-amino-alcohol motifs (C(OH)–C–C–N with tert-alkyl or cyclic N) is 1. The van der Waals surface area contributed by atoms with Crippen LogP contribution in [-0.4, -0.2) is 60.5 Å². The van der Waals surface area contributed by atoms with E-state index in [1.807, 2.05) is 24.3 Å². The van der Waals surface area contributed by atoms with Crippen LogP contribution < -0.4 is 9.47 Å². The molecular formula is C24H26N2O5. The Morgan fingerprint density at radius 2 is 2.06 bits per heavy atom. The Labute approximate surface area is 181 Å². The molecule has 1 saturated heterocycles. The van der Waals surface area contributed by atoms with Crippen LogP contribution in [0.4, 0.5) is 0 Å². The van der Waals surface area contributed by atoms with Gasteiger partial charge in [0.25, 0.3) is 0 Å². The smallest absolute Gasteiger partial charge is 0.337 e. The third-order valence-corrected chi connectivity index (χ3v) is 5.62. The number of benzene rings is 2. The van der Waals surface area contributed by atoms with Gasteiger partial charge in [0.15, 0.2) is 0 Å². The number of rotatable bonds is 6. The Morgan fingerprint density at radius 1 is 1.19 bits per heavy atom. The van der Waals surface area contributed by atoms with Gasteiger partial charge in [-0.05, 0) is 36.8 Å². The van der Waals surface area contributed by atoms with E-state index in [1.165, 1.54) is 7.11 Å². The number of fused-ring (bicyclic) bond motifs is 1. The van der Waals surface area contributed by atoms with Gasteiger partial charge in [-0.25, -0.2) is 4.79 Å². The van der Waals surface area contributed by atoms with Gasteiger partial charge in [-0.1, -0.05) is 12.1 Å². The molecule has 1 fully saturated rings. The maximum atomic E-state index is 11.9. The molecule has 2 atom stereocenters. The molecule has 0 amide bonds. The summed E-state index contributed by atoms with van der Waals surface area (Å²) in [6, 6.07) is 13.0. The van der Waals surface area contributed by atoms with Crippen molar-refractivity contribution in [3.8, 4) is 11.5 Å². The van der Waals surface area contributed by atoms with Crippen molar-refractivity contribution >= 4 is 16.7 Å². The van der Waals surface area contributed by atoms with Gasteiger partial charge in [-0.15, -0.1) is 0 Å². The molecule has 0 bridgehead atoms. The Balaban J connectivity index is 1.44. The van der Waals surface area contributed by atoms with Crippen molar-refractivity contribution < 1.29 is 24.1 Å². The lowest BCUT2D eigenvalue weighted by Crippen LogP contribution is -2.48. The number of ether oxygens (including phenoxy) is 3. The Hall–Kier alpha value is -3.16. The predicted molar refractivity (Wildman–Crippen MR) is 116 cm³/mol. The van der Waals surface area contributed by atoms with Crippen molar-refractivity contribution in [2.24, 2.45) is 0 Å². The minimum atomic E-state index is -0.638. The number of aliphatic hydroxyl groups is 1. The van der Waals surface area contributed by atoms with Gasteiger partial charge in [-0.2, -0.15) is 0 Å². The number of likely N-dealkylation sites (tertiary alicyclic amines) is 1. The van der Waals surface area contributed by atoms with Crippen LogP contribution in [0.3, 0.4) is 0 Å². The van der Waals surface area contributed by atoms with E-state index in [1.54, 1.807) is 37.7 Å². The molecule has 2 heterocycles. The predicted octanol–water partition coefficient (Wildman–Crippen LogP) is 3.04. The summed E-state index contributed by atoms with van der Waals surface area (Å²) in [6.07, 6.45) is 3.29. The van der Waals surface area contributed by atoms with E-state index in [4.69, 9.17) is 14.2 Å². The second-order valence-corrected chi connectivity index (χ2v) is 7.62. The van der Waals surface area contributed by atoms with Crippen molar-refractivity contribution in [2.75, 3.05) is 27.3 Å². The number of hydrogen-bond acceptors (Lipinski definition) is 7. The minimum Gasteiger partial charge on any atom is -0.496 e. The quantitative estimate of drug-likeness (QED) is 0.612. The average molecular weight is 422 g/mol. The molecule has 3 aromatic rings. The van der Waals surface area contributed by atoms with Gasteiger partial charge in [0.05, 0.1) is 19.8 Å². The molecule has 1 N–H and O–H groups in total. The first-order chi connectivity index (χ1) is 15.1. The molecule has 7 nitrogen and oxygen atoms in total. The van der Waals surface area contributed by atoms with Crippen LogP contribution in [0.5, 0.6) is 11.5 Å². The number of nitrogens with zero attached hydrogens (tertiary/aromatic N) is 2. The van der Waals surface area contributed by atoms with Crippen molar-refractivity contribution in [1.82, 2.24) is 9.88 Å². The summed E-state index contributed by atoms with van der Waals surface area (Å²) in [6.45, 7) is 1.76. The maximum Gasteiger partial charge on any atom is 0.337 e. The molecule has 0 aliphatic carbocycles. The minimum absolute atomic E-state index is 0.293. The molecule has 1 aliphatic rings. The first-order valence-electron chi connectivity index (χ1n) is 10.2. The number of hydrogen-bond donors (Lipinski definition) is 1. The fraction of sp³-hybridized carbons (Fsp3) is 0.333. The lowest BCUT2D eigenvalue weighted by molar-refractivity contribution is -0.0270. The van der Waals surface area contributed by atoms with Crippen LogP contribution in [0.25, 0.3) is 10.8 Å². The lowest BCUT2D eigenvalue weighted by atomic mass is 10.0. The summed E-state index contributed by atoms with van der Waals surface area (Å²) in [5.41, 5.74) is 1.35. The molecule has 0 spiro atoms. The first kappa shape index (κ1) is 21.1. The van der Waals surface area contributed by atoms with E-state index >= 15 is 0 Å². The van der Waals surface area contributed by atoms with Gasteiger partial charge in [-0.3, -0.25) is 9.88 Å². The number of piperidine rings is 1. The highest BCUT2D eigenvalue weighted by Crippen LogP contribution is 2.29. The summed E-state index contributed by atoms with van der Waals surface area (Å²) in [4.78, 5) is 18.2. The topological polar surface area (TPSA) is 81.1 Å². The van der Waals surface area contributed by atoms with Crippen LogP contribution in [-0.2, 0) is 11.3 Å². The van der Waals surface area contributed by atoms with Gasteiger partial charge in [0.2, 0.25) is 0 Å². The molecule has 4 rings (SSSR count). The third kappa shape index (κ3) is 4.62. The van der Waals surface area contributed by atoms with Gasteiger partial charge in [0.1, 0.15) is 23.7 Å². The van der Waals surface area contributed by atoms with Gasteiger partial charge < -0.3 is 19.3 Å². The van der Waals surface area contributed by atoms with Crippen molar-refractivity contribution in [1.29, 1.82) is 0 Å². The number of aromatic nitrogens is 1. The largest absolute Gasteiger partial charge is 0.496 e. The van der Waals surface area contributed by atoms with E-state index in [0.717, 1.165) is 28.6 Å². The summed E-state index contributed by atoms with van der Waals surface area (Å²) in [7, 11) is 2.96. The molecule has 31 heavy (non-hydrogen) atoms. The maximum absolute atomic E-state index is 11.9. The molecule has 2 aromatic carbocycles. The molecule has 1 aliphatic heterocycles. The van der Waals surface area contributed by atoms with Crippen LogP contribution in [0.2, 0.25) is 0 Å². The summed E-state index contributed by atoms with van der Waals surface area (Å²) in [5.74, 6) is 1.07. The fourth-order valence-corrected chi connectivity index (χ4v) is 4.00. The highest BCUT2D eigenvalue weighted by molar-refractivity contribution is 5.89. The lowest BCUT2D eigenvalue weighted by Gasteiger charge is -2.36. The summed E-state index contributed by atoms with van der Waals surface area (Å²) in [5, 5.41) is 12.8. The van der Waals surface area contributed by atoms with Crippen LogP contribution in [0.1, 0.15) is 22.3 Å². The molecule has 0 radical (unpaired) electrons. The zero-order valence-electron chi connectivity index (χ0n) is 17.7. The molecule has 7 heteroatoms. The monoisotopic (exact) mass is 422 g/mol. The Bertz CT molecular complexity index is 1070. The third-order valence-electron chi connectivity index (χ3n) is 5.62. The Kier molecular flexibility index (Phi) is 6.34. The van der Waals surface area contributed by atoms with E-state index in [-0.39, 0.29) is 12.1 Å². The SMILES string of the molecule is COC(=O)c1ccc(OC)c(CN2CC[C@@H](Oc3cccc4cnccc34)[C@H](O)C2)c1. The number of carbonyl (C=O) groups is 1. The zero-order chi connectivity index (χ0) is 21.8. The van der Waals surface area contributed by atoms with Gasteiger partial charge >= 0.3 is 5.97 Å². The highest BCUT2D eigenvalue weighted by Gasteiger charge is 2.30. The second-order valence-electron chi connectivity index (χ2n) is 7.62. The van der Waals surface area contributed by atoms with E-state index in [2.05, 4.69) is 9.88 Å². The van der Waals surface area contributed by atoms with E-state index in [9.17, 15) is 9.90 Å². The van der Waals surface area contributed by atoms with E-state index in [0.29, 0.717) is 30.8 Å². The molecule has 0 unspecified atom stereocenters. The molecule has 162 valence electrons. The summed E-state index contributed by atoms with van der Waals surface area (Å²) >= 11 is 0. The highest BCUT2D eigenvalue weighted by atomic mass is 16.5. The molecule has 0 saturated carbocycles. The number of methoxy groups -OCH3 is 2. The van der Waals surface area contributed by atoms with Crippen molar-refractivity contribution in [3.63, 3.8) is 0 Å². The molecule has 1 aromatic heterocycles. The van der Waals surface area contributed by atoms with Crippen molar-refractivity contribution in [2.45, 2.75) is 25.2 Å².